The van der Waals surface area contributed by atoms with Crippen LogP contribution in [0, 0.1) is 11.9 Å². The van der Waals surface area contributed by atoms with Gasteiger partial charge in [-0.1, -0.05) is 86.6 Å². The predicted octanol–water partition coefficient (Wildman–Crippen LogP) is 7.93. The van der Waals surface area contributed by atoms with Crippen LogP contribution in [-0.2, 0) is 20.1 Å². The van der Waals surface area contributed by atoms with Crippen LogP contribution >= 0.6 is 0 Å². The molecule has 0 aliphatic heterocycles. The molecule has 5 rings (SSSR count). The van der Waals surface area contributed by atoms with Crippen molar-refractivity contribution in [2.45, 2.75) is 19.8 Å². The molecule has 4 heteroatoms. The second-order valence-electron chi connectivity index (χ2n) is 8.40. The summed E-state index contributed by atoms with van der Waals surface area (Å²) in [5.41, 5.74) is 8.57. The molecule has 0 aliphatic rings. The van der Waals surface area contributed by atoms with Gasteiger partial charge < -0.3 is 0 Å². The topological polar surface area (TPSA) is 17.8 Å². The van der Waals surface area contributed by atoms with Crippen molar-refractivity contribution < 1.29 is 24.5 Å². The summed E-state index contributed by atoms with van der Waals surface area (Å²) in [7, 11) is 0. The van der Waals surface area contributed by atoms with Crippen molar-refractivity contribution in [3.8, 4) is 39.2 Å². The average Bonchev–Trinajstić information content (AvgIpc) is 3.34. The molecule has 34 heavy (non-hydrogen) atoms. The SMILES string of the molecule is CC(C)c1cc(-c2ccccc2)c(-c2ccnn2-c2[c-]cc(F)cc2)c(-c2ccccc2)c1.[Ir]. The van der Waals surface area contributed by atoms with E-state index in [1.165, 1.54) is 17.7 Å². The van der Waals surface area contributed by atoms with Crippen LogP contribution in [0.4, 0.5) is 4.39 Å². The third-order valence-corrected chi connectivity index (χ3v) is 5.88. The summed E-state index contributed by atoms with van der Waals surface area (Å²) in [5, 5.41) is 4.58. The maximum atomic E-state index is 13.6. The summed E-state index contributed by atoms with van der Waals surface area (Å²) in [5.74, 6) is 0.0583. The molecule has 0 aliphatic carbocycles. The summed E-state index contributed by atoms with van der Waals surface area (Å²) in [4.78, 5) is 0. The van der Waals surface area contributed by atoms with E-state index in [9.17, 15) is 4.39 Å². The Labute approximate surface area is 213 Å². The quantitative estimate of drug-likeness (QED) is 0.182. The molecule has 2 nitrogen and oxygen atoms in total. The minimum atomic E-state index is -0.316. The first-order chi connectivity index (χ1) is 16.1. The Morgan fingerprint density at radius 3 is 1.88 bits per heavy atom. The van der Waals surface area contributed by atoms with Crippen LogP contribution < -0.4 is 0 Å². The molecule has 0 saturated heterocycles. The van der Waals surface area contributed by atoms with Crippen LogP contribution in [-0.4, -0.2) is 9.78 Å². The molecule has 171 valence electrons. The van der Waals surface area contributed by atoms with Crippen molar-refractivity contribution in [3.05, 3.63) is 121 Å². The van der Waals surface area contributed by atoms with Gasteiger partial charge in [-0.05, 0) is 45.5 Å². The Hall–Kier alpha value is -3.33. The maximum absolute atomic E-state index is 13.6. The number of benzene rings is 4. The van der Waals surface area contributed by atoms with Crippen LogP contribution in [0.5, 0.6) is 0 Å². The first kappa shape index (κ1) is 23.8. The van der Waals surface area contributed by atoms with E-state index in [1.807, 2.05) is 22.9 Å². The van der Waals surface area contributed by atoms with E-state index in [0.29, 0.717) is 11.6 Å². The van der Waals surface area contributed by atoms with E-state index in [2.05, 4.69) is 85.7 Å². The second kappa shape index (κ2) is 10.3. The van der Waals surface area contributed by atoms with Crippen LogP contribution in [0.3, 0.4) is 0 Å². The molecule has 0 unspecified atom stereocenters. The van der Waals surface area contributed by atoms with Crippen molar-refractivity contribution in [2.75, 3.05) is 0 Å². The minimum Gasteiger partial charge on any atom is -0.284 e. The molecule has 0 amide bonds. The van der Waals surface area contributed by atoms with Crippen molar-refractivity contribution in [1.29, 1.82) is 0 Å². The molecule has 0 fully saturated rings. The van der Waals surface area contributed by atoms with Crippen molar-refractivity contribution >= 4 is 0 Å². The van der Waals surface area contributed by atoms with Gasteiger partial charge in [0.05, 0.1) is 5.69 Å². The molecule has 0 saturated carbocycles. The van der Waals surface area contributed by atoms with Gasteiger partial charge in [0.25, 0.3) is 0 Å². The number of aromatic nitrogens is 2. The van der Waals surface area contributed by atoms with E-state index >= 15 is 0 Å². The fraction of sp³-hybridized carbons (Fsp3) is 0.100. The van der Waals surface area contributed by atoms with E-state index in [0.717, 1.165) is 33.5 Å². The van der Waals surface area contributed by atoms with Gasteiger partial charge in [0, 0.05) is 37.7 Å². The van der Waals surface area contributed by atoms with E-state index < -0.39 is 0 Å². The Bertz CT molecular complexity index is 1310. The summed E-state index contributed by atoms with van der Waals surface area (Å²) in [6.45, 7) is 4.44. The smallest absolute Gasteiger partial charge is 0.0728 e. The molecule has 1 aromatic heterocycles. The monoisotopic (exact) mass is 624 g/mol. The molecule has 1 heterocycles. The Balaban J connectivity index is 0.00000274. The normalized spacial score (nSPS) is 10.8. The molecule has 0 atom stereocenters. The molecule has 0 spiro atoms. The molecule has 1 radical (unpaired) electrons. The zero-order valence-corrected chi connectivity index (χ0v) is 21.4. The van der Waals surface area contributed by atoms with Crippen molar-refractivity contribution in [2.24, 2.45) is 0 Å². The third-order valence-electron chi connectivity index (χ3n) is 5.88. The Kier molecular flexibility index (Phi) is 7.21. The zero-order valence-electron chi connectivity index (χ0n) is 19.0. The van der Waals surface area contributed by atoms with Crippen molar-refractivity contribution in [3.63, 3.8) is 0 Å². The summed E-state index contributed by atoms with van der Waals surface area (Å²) in [6.07, 6.45) is 1.78. The molecule has 0 N–H and O–H groups in total. The maximum Gasteiger partial charge on any atom is 0.0728 e. The molecule has 5 aromatic rings. The Morgan fingerprint density at radius 1 is 0.794 bits per heavy atom. The number of nitrogens with zero attached hydrogens (tertiary/aromatic N) is 2. The zero-order chi connectivity index (χ0) is 22.8. The second-order valence-corrected chi connectivity index (χ2v) is 8.40. The third kappa shape index (κ3) is 4.65. The van der Waals surface area contributed by atoms with Crippen LogP contribution in [0.2, 0.25) is 0 Å². The standard InChI is InChI=1S/C30H24FN2.Ir/c1-21(2)24-19-27(22-9-5-3-6-10-22)30(28(20-24)23-11-7-4-8-12-23)29-17-18-32-33(29)26-15-13-25(31)14-16-26;/h3-15,17-21H,1-2H3;/q-1;. The fourth-order valence-electron chi connectivity index (χ4n) is 4.18. The number of rotatable bonds is 5. The first-order valence-corrected chi connectivity index (χ1v) is 11.1. The van der Waals surface area contributed by atoms with Gasteiger partial charge in [0.15, 0.2) is 0 Å². The van der Waals surface area contributed by atoms with Gasteiger partial charge in [-0.3, -0.25) is 9.07 Å². The average molecular weight is 624 g/mol. The summed E-state index contributed by atoms with van der Waals surface area (Å²) < 4.78 is 15.4. The van der Waals surface area contributed by atoms with Crippen LogP contribution in [0.25, 0.3) is 39.2 Å². The predicted molar refractivity (Wildman–Crippen MR) is 133 cm³/mol. The summed E-state index contributed by atoms with van der Waals surface area (Å²) in [6, 6.07) is 35.0. The minimum absolute atomic E-state index is 0. The van der Waals surface area contributed by atoms with E-state index in [1.54, 1.807) is 12.3 Å². The van der Waals surface area contributed by atoms with Gasteiger partial charge in [-0.25, -0.2) is 0 Å². The van der Waals surface area contributed by atoms with Gasteiger partial charge in [-0.2, -0.15) is 11.2 Å². The fourth-order valence-corrected chi connectivity index (χ4v) is 4.18. The van der Waals surface area contributed by atoms with Gasteiger partial charge in [0.2, 0.25) is 0 Å². The molecular formula is C30H24FIrN2-. The van der Waals surface area contributed by atoms with Crippen molar-refractivity contribution in [1.82, 2.24) is 9.78 Å². The van der Waals surface area contributed by atoms with Gasteiger partial charge in [0.1, 0.15) is 0 Å². The first-order valence-electron chi connectivity index (χ1n) is 11.1. The molecule has 4 aromatic carbocycles. The Morgan fingerprint density at radius 2 is 1.38 bits per heavy atom. The molecule has 0 bridgehead atoms. The van der Waals surface area contributed by atoms with E-state index in [4.69, 9.17) is 0 Å². The number of halogens is 1. The number of hydrogen-bond acceptors (Lipinski definition) is 1. The molecular weight excluding hydrogens is 600 g/mol. The van der Waals surface area contributed by atoms with Crippen LogP contribution in [0.15, 0.2) is 103 Å². The van der Waals surface area contributed by atoms with Crippen LogP contribution in [0.1, 0.15) is 25.3 Å². The van der Waals surface area contributed by atoms with E-state index in [-0.39, 0.29) is 25.9 Å². The largest absolute Gasteiger partial charge is 0.284 e. The summed E-state index contributed by atoms with van der Waals surface area (Å²) >= 11 is 0. The van der Waals surface area contributed by atoms with Gasteiger partial charge in [-0.15, -0.1) is 18.2 Å². The number of hydrogen-bond donors (Lipinski definition) is 0. The van der Waals surface area contributed by atoms with Gasteiger partial charge >= 0.3 is 0 Å².